The van der Waals surface area contributed by atoms with Gasteiger partial charge in [-0.05, 0) is 41.5 Å². The van der Waals surface area contributed by atoms with Gasteiger partial charge in [0.2, 0.25) is 0 Å². The molecule has 0 spiro atoms. The van der Waals surface area contributed by atoms with Crippen molar-refractivity contribution in [2.75, 3.05) is 0 Å². The number of carbonyl (C=O) groups excluding carboxylic acids is 2. The summed E-state index contributed by atoms with van der Waals surface area (Å²) in [5, 5.41) is 0. The van der Waals surface area contributed by atoms with E-state index < -0.39 is 12.2 Å². The maximum Gasteiger partial charge on any atom is 0.338 e. The Labute approximate surface area is 187 Å². The molecule has 0 heterocycles. The van der Waals surface area contributed by atoms with Gasteiger partial charge in [-0.15, -0.1) is 0 Å². The molecule has 0 aromatic heterocycles. The van der Waals surface area contributed by atoms with Gasteiger partial charge in [0, 0.05) is 5.92 Å². The average Bonchev–Trinajstić information content (AvgIpc) is 2.72. The second-order valence-corrected chi connectivity index (χ2v) is 10.2. The number of carbonyl (C=O) groups is 2. The van der Waals surface area contributed by atoms with Crippen LogP contribution in [0.25, 0.3) is 0 Å². The molecule has 2 rings (SSSR count). The molecular weight excluding hydrogens is 388 g/mol. The van der Waals surface area contributed by atoms with Gasteiger partial charge in [0.1, 0.15) is 12.2 Å². The van der Waals surface area contributed by atoms with Gasteiger partial charge in [-0.1, -0.05) is 84.9 Å². The summed E-state index contributed by atoms with van der Waals surface area (Å²) in [5.41, 5.74) is 0.349. The molecule has 4 heteroatoms. The molecule has 0 fully saturated rings. The Kier molecular flexibility index (Phi) is 8.05. The number of hydrogen-bond donors (Lipinski definition) is 0. The number of ether oxygens (including phenoxy) is 2. The highest BCUT2D eigenvalue weighted by molar-refractivity contribution is 5.90. The third kappa shape index (κ3) is 6.68. The number of rotatable bonds is 7. The van der Waals surface area contributed by atoms with Crippen molar-refractivity contribution in [1.29, 1.82) is 0 Å². The van der Waals surface area contributed by atoms with E-state index in [-0.39, 0.29) is 28.7 Å². The van der Waals surface area contributed by atoms with Crippen LogP contribution >= 0.6 is 0 Å². The zero-order valence-electron chi connectivity index (χ0n) is 19.8. The zero-order chi connectivity index (χ0) is 23.2. The highest BCUT2D eigenvalue weighted by atomic mass is 16.6. The van der Waals surface area contributed by atoms with Crippen LogP contribution in [0, 0.1) is 16.7 Å². The molecule has 2 unspecified atom stereocenters. The summed E-state index contributed by atoms with van der Waals surface area (Å²) in [7, 11) is 0. The van der Waals surface area contributed by atoms with E-state index >= 15 is 0 Å². The Morgan fingerprint density at radius 2 is 1.00 bits per heavy atom. The van der Waals surface area contributed by atoms with E-state index in [1.807, 2.05) is 36.4 Å². The second kappa shape index (κ2) is 10.1. The Bertz CT molecular complexity index is 773. The largest absolute Gasteiger partial charge is 0.458 e. The lowest BCUT2D eigenvalue weighted by Crippen LogP contribution is -2.49. The van der Waals surface area contributed by atoms with E-state index in [1.54, 1.807) is 24.3 Å². The summed E-state index contributed by atoms with van der Waals surface area (Å²) in [5.74, 6) is -0.887. The average molecular weight is 425 g/mol. The van der Waals surface area contributed by atoms with Crippen LogP contribution in [0.15, 0.2) is 60.7 Å². The van der Waals surface area contributed by atoms with Crippen molar-refractivity contribution in [3.63, 3.8) is 0 Å². The molecule has 0 radical (unpaired) electrons. The van der Waals surface area contributed by atoms with Crippen LogP contribution < -0.4 is 0 Å². The molecule has 4 nitrogen and oxygen atoms in total. The lowest BCUT2D eigenvalue weighted by molar-refractivity contribution is -0.0975. The lowest BCUT2D eigenvalue weighted by Gasteiger charge is -2.43. The van der Waals surface area contributed by atoms with Crippen molar-refractivity contribution < 1.29 is 19.1 Å². The molecule has 168 valence electrons. The third-order valence-corrected chi connectivity index (χ3v) is 5.44. The van der Waals surface area contributed by atoms with E-state index in [0.29, 0.717) is 17.5 Å². The molecule has 0 N–H and O–H groups in total. The van der Waals surface area contributed by atoms with E-state index in [1.165, 1.54) is 0 Å². The van der Waals surface area contributed by atoms with Gasteiger partial charge in [0.25, 0.3) is 0 Å². The van der Waals surface area contributed by atoms with Gasteiger partial charge in [0.15, 0.2) is 0 Å². The van der Waals surface area contributed by atoms with Crippen LogP contribution in [0.4, 0.5) is 0 Å². The first kappa shape index (κ1) is 24.6. The quantitative estimate of drug-likeness (QED) is 0.473. The Hall–Kier alpha value is -2.62. The molecule has 2 aromatic rings. The molecule has 2 aromatic carbocycles. The van der Waals surface area contributed by atoms with Crippen LogP contribution in [0.2, 0.25) is 0 Å². The summed E-state index contributed by atoms with van der Waals surface area (Å²) in [6, 6.07) is 18.0. The van der Waals surface area contributed by atoms with Crippen molar-refractivity contribution >= 4 is 11.9 Å². The molecule has 31 heavy (non-hydrogen) atoms. The van der Waals surface area contributed by atoms with Crippen molar-refractivity contribution in [3.8, 4) is 0 Å². The summed E-state index contributed by atoms with van der Waals surface area (Å²) in [6.45, 7) is 14.4. The van der Waals surface area contributed by atoms with Crippen LogP contribution in [0.3, 0.4) is 0 Å². The monoisotopic (exact) mass is 424 g/mol. The van der Waals surface area contributed by atoms with Gasteiger partial charge in [-0.3, -0.25) is 0 Å². The number of esters is 2. The number of hydrogen-bond acceptors (Lipinski definition) is 4. The Balaban J connectivity index is 2.37. The molecule has 2 atom stereocenters. The molecular formula is C27H36O4. The molecule has 0 saturated carbocycles. The first-order chi connectivity index (χ1) is 14.4. The highest BCUT2D eigenvalue weighted by Crippen LogP contribution is 2.40. The first-order valence-electron chi connectivity index (χ1n) is 11.0. The van der Waals surface area contributed by atoms with E-state index in [4.69, 9.17) is 9.47 Å². The van der Waals surface area contributed by atoms with Gasteiger partial charge in [0.05, 0.1) is 11.1 Å². The van der Waals surface area contributed by atoms with Gasteiger partial charge < -0.3 is 9.47 Å². The minimum atomic E-state index is -0.432. The predicted octanol–water partition coefficient (Wildman–Crippen LogP) is 6.56. The molecule has 0 aliphatic heterocycles. The van der Waals surface area contributed by atoms with Gasteiger partial charge in [-0.2, -0.15) is 0 Å². The van der Waals surface area contributed by atoms with Crippen molar-refractivity contribution in [3.05, 3.63) is 71.8 Å². The smallest absolute Gasteiger partial charge is 0.338 e. The normalized spacial score (nSPS) is 14.9. The Morgan fingerprint density at radius 3 is 1.26 bits per heavy atom. The first-order valence-corrected chi connectivity index (χ1v) is 11.0. The second-order valence-electron chi connectivity index (χ2n) is 10.2. The van der Waals surface area contributed by atoms with Crippen LogP contribution in [-0.4, -0.2) is 24.1 Å². The molecule has 0 bridgehead atoms. The SMILES string of the molecule is CCC(C(OC(=O)c1ccccc1)C(C)(C)C)C(OC(=O)c1ccccc1)C(C)(C)C. The van der Waals surface area contributed by atoms with Crippen LogP contribution in [0.5, 0.6) is 0 Å². The standard InChI is InChI=1S/C27H36O4/c1-8-21(22(26(2,3)4)30-24(28)19-15-11-9-12-16-19)23(27(5,6)7)31-25(29)20-17-13-10-14-18-20/h9-18,21-23H,8H2,1-7H3. The highest BCUT2D eigenvalue weighted by Gasteiger charge is 2.45. The minimum Gasteiger partial charge on any atom is -0.458 e. The number of benzene rings is 2. The van der Waals surface area contributed by atoms with Gasteiger partial charge >= 0.3 is 11.9 Å². The van der Waals surface area contributed by atoms with Gasteiger partial charge in [-0.25, -0.2) is 9.59 Å². The fourth-order valence-corrected chi connectivity index (χ4v) is 3.91. The molecule has 0 aliphatic carbocycles. The zero-order valence-corrected chi connectivity index (χ0v) is 19.8. The maximum atomic E-state index is 12.9. The van der Waals surface area contributed by atoms with Crippen molar-refractivity contribution in [2.45, 2.75) is 67.1 Å². The van der Waals surface area contributed by atoms with Crippen molar-refractivity contribution in [1.82, 2.24) is 0 Å². The molecule has 0 amide bonds. The lowest BCUT2D eigenvalue weighted by atomic mass is 9.71. The third-order valence-electron chi connectivity index (χ3n) is 5.44. The Morgan fingerprint density at radius 1 is 0.677 bits per heavy atom. The predicted molar refractivity (Wildman–Crippen MR) is 124 cm³/mol. The topological polar surface area (TPSA) is 52.6 Å². The van der Waals surface area contributed by atoms with E-state index in [0.717, 1.165) is 0 Å². The minimum absolute atomic E-state index is 0.166. The van der Waals surface area contributed by atoms with Crippen LogP contribution in [-0.2, 0) is 9.47 Å². The summed E-state index contributed by atoms with van der Waals surface area (Å²) < 4.78 is 12.2. The van der Waals surface area contributed by atoms with Crippen molar-refractivity contribution in [2.24, 2.45) is 16.7 Å². The molecule has 0 saturated heterocycles. The summed E-state index contributed by atoms with van der Waals surface area (Å²) in [6.07, 6.45) is -0.162. The van der Waals surface area contributed by atoms with E-state index in [2.05, 4.69) is 48.5 Å². The fraction of sp³-hybridized carbons (Fsp3) is 0.481. The van der Waals surface area contributed by atoms with E-state index in [9.17, 15) is 9.59 Å². The van der Waals surface area contributed by atoms with Crippen LogP contribution in [0.1, 0.15) is 75.6 Å². The maximum absolute atomic E-state index is 12.9. The molecule has 0 aliphatic rings. The fourth-order valence-electron chi connectivity index (χ4n) is 3.91. The summed E-state index contributed by atoms with van der Waals surface area (Å²) >= 11 is 0. The summed E-state index contributed by atoms with van der Waals surface area (Å²) in [4.78, 5) is 25.8.